The van der Waals surface area contributed by atoms with E-state index < -0.39 is 32.5 Å². The Balaban J connectivity index is 1.74. The minimum atomic E-state index is -4.22. The highest BCUT2D eigenvalue weighted by Crippen LogP contribution is 2.22. The Morgan fingerprint density at radius 3 is 2.37 bits per heavy atom. The molecule has 1 aliphatic rings. The van der Waals surface area contributed by atoms with Crippen LogP contribution in [0.15, 0.2) is 40.0 Å². The molecule has 11 heteroatoms. The van der Waals surface area contributed by atoms with Crippen LogP contribution in [0.3, 0.4) is 0 Å². The molecule has 3 rings (SSSR count). The van der Waals surface area contributed by atoms with E-state index >= 15 is 0 Å². The third-order valence-corrected chi connectivity index (χ3v) is 6.13. The Morgan fingerprint density at radius 1 is 1.07 bits per heavy atom. The summed E-state index contributed by atoms with van der Waals surface area (Å²) in [7, 11) is -2.81. The summed E-state index contributed by atoms with van der Waals surface area (Å²) in [6.07, 6.45) is 0. The molecule has 0 bridgehead atoms. The van der Waals surface area contributed by atoms with Crippen molar-refractivity contribution in [2.24, 2.45) is 7.05 Å². The lowest BCUT2D eigenvalue weighted by molar-refractivity contribution is 0.0689. The zero-order valence-electron chi connectivity index (χ0n) is 14.3. The van der Waals surface area contributed by atoms with Crippen molar-refractivity contribution < 1.29 is 22.0 Å². The first-order chi connectivity index (χ1) is 12.7. The van der Waals surface area contributed by atoms with Gasteiger partial charge in [0.2, 0.25) is 10.0 Å². The Morgan fingerprint density at radius 2 is 1.74 bits per heavy atom. The standard InChI is InChI=1S/C16H16F2N4O4S/c1-20-15(23)5-4-13(19-20)16(24)21-6-8-22(9-7-21)27(25,26)14-10-11(17)2-3-12(14)18/h2-5,10H,6-9H2,1H3. The van der Waals surface area contributed by atoms with E-state index in [1.807, 2.05) is 0 Å². The van der Waals surface area contributed by atoms with Gasteiger partial charge < -0.3 is 4.90 Å². The summed E-state index contributed by atoms with van der Waals surface area (Å²) in [5.41, 5.74) is -0.302. The van der Waals surface area contributed by atoms with E-state index in [9.17, 15) is 26.8 Å². The van der Waals surface area contributed by atoms with Crippen molar-refractivity contribution in [3.8, 4) is 0 Å². The van der Waals surface area contributed by atoms with Crippen LogP contribution in [-0.4, -0.2) is 59.5 Å². The van der Waals surface area contributed by atoms with E-state index in [0.717, 1.165) is 21.1 Å². The van der Waals surface area contributed by atoms with Gasteiger partial charge in [0.25, 0.3) is 11.5 Å². The molecule has 2 heterocycles. The molecule has 1 saturated heterocycles. The third-order valence-electron chi connectivity index (χ3n) is 4.22. The maximum Gasteiger partial charge on any atom is 0.274 e. The number of sulfonamides is 1. The molecule has 1 aromatic heterocycles. The molecule has 8 nitrogen and oxygen atoms in total. The van der Waals surface area contributed by atoms with E-state index in [0.29, 0.717) is 6.07 Å². The summed E-state index contributed by atoms with van der Waals surface area (Å²) in [5, 5.41) is 3.87. The molecule has 0 saturated carbocycles. The fourth-order valence-corrected chi connectivity index (χ4v) is 4.22. The molecule has 0 N–H and O–H groups in total. The van der Waals surface area contributed by atoms with Gasteiger partial charge in [0.15, 0.2) is 0 Å². The van der Waals surface area contributed by atoms with Gasteiger partial charge in [-0.1, -0.05) is 0 Å². The topological polar surface area (TPSA) is 92.6 Å². The number of hydrogen-bond acceptors (Lipinski definition) is 5. The van der Waals surface area contributed by atoms with E-state index in [-0.39, 0.29) is 37.4 Å². The second-order valence-electron chi connectivity index (χ2n) is 5.95. The molecular formula is C16H16F2N4O4S. The molecule has 1 aliphatic heterocycles. The van der Waals surface area contributed by atoms with E-state index in [1.165, 1.54) is 24.1 Å². The van der Waals surface area contributed by atoms with Crippen molar-refractivity contribution in [3.05, 3.63) is 58.0 Å². The minimum absolute atomic E-state index is 0.0551. The van der Waals surface area contributed by atoms with Crippen LogP contribution in [0.5, 0.6) is 0 Å². The van der Waals surface area contributed by atoms with E-state index in [2.05, 4.69) is 5.10 Å². The molecule has 1 fully saturated rings. The van der Waals surface area contributed by atoms with Crippen LogP contribution in [0.25, 0.3) is 0 Å². The Bertz CT molecular complexity index is 1050. The molecule has 0 radical (unpaired) electrons. The number of hydrogen-bond donors (Lipinski definition) is 0. The first kappa shape index (κ1) is 19.1. The third kappa shape index (κ3) is 3.74. The van der Waals surface area contributed by atoms with Crippen molar-refractivity contribution in [2.45, 2.75) is 4.90 Å². The lowest BCUT2D eigenvalue weighted by Crippen LogP contribution is -2.50. The van der Waals surface area contributed by atoms with Crippen LogP contribution in [0, 0.1) is 11.6 Å². The SMILES string of the molecule is Cn1nc(C(=O)N2CCN(S(=O)(=O)c3cc(F)ccc3F)CC2)ccc1=O. The van der Waals surface area contributed by atoms with Gasteiger partial charge in [0, 0.05) is 39.3 Å². The first-order valence-corrected chi connectivity index (χ1v) is 9.43. The van der Waals surface area contributed by atoms with Crippen LogP contribution in [-0.2, 0) is 17.1 Å². The molecular weight excluding hydrogens is 382 g/mol. The van der Waals surface area contributed by atoms with Crippen molar-refractivity contribution in [1.29, 1.82) is 0 Å². The molecule has 0 spiro atoms. The molecule has 1 aromatic carbocycles. The zero-order valence-corrected chi connectivity index (χ0v) is 15.1. The number of aryl methyl sites for hydroxylation is 1. The predicted molar refractivity (Wildman–Crippen MR) is 90.5 cm³/mol. The lowest BCUT2D eigenvalue weighted by atomic mass is 10.3. The highest BCUT2D eigenvalue weighted by Gasteiger charge is 2.32. The summed E-state index contributed by atoms with van der Waals surface area (Å²) >= 11 is 0. The summed E-state index contributed by atoms with van der Waals surface area (Å²) in [5.74, 6) is -2.34. The van der Waals surface area contributed by atoms with Crippen LogP contribution < -0.4 is 5.56 Å². The van der Waals surface area contributed by atoms with E-state index in [4.69, 9.17) is 0 Å². The maximum atomic E-state index is 13.8. The zero-order chi connectivity index (χ0) is 19.8. The quantitative estimate of drug-likeness (QED) is 0.737. The van der Waals surface area contributed by atoms with Gasteiger partial charge in [0.1, 0.15) is 22.2 Å². The second kappa shape index (κ2) is 7.16. The second-order valence-corrected chi connectivity index (χ2v) is 7.86. The number of rotatable bonds is 3. The van der Waals surface area contributed by atoms with Gasteiger partial charge in [-0.15, -0.1) is 0 Å². The summed E-state index contributed by atoms with van der Waals surface area (Å²) in [6, 6.07) is 4.75. The number of carbonyl (C=O) groups excluding carboxylic acids is 1. The highest BCUT2D eigenvalue weighted by atomic mass is 32.2. The largest absolute Gasteiger partial charge is 0.335 e. The van der Waals surface area contributed by atoms with Crippen LogP contribution in [0.4, 0.5) is 8.78 Å². The number of amides is 1. The molecule has 2 aromatic rings. The predicted octanol–water partition coefficient (Wildman–Crippen LogP) is 0.205. The van der Waals surface area contributed by atoms with Gasteiger partial charge in [-0.25, -0.2) is 21.9 Å². The van der Waals surface area contributed by atoms with Crippen LogP contribution in [0.1, 0.15) is 10.5 Å². The smallest absolute Gasteiger partial charge is 0.274 e. The van der Waals surface area contributed by atoms with Gasteiger partial charge >= 0.3 is 0 Å². The average Bonchev–Trinajstić information content (AvgIpc) is 2.65. The minimum Gasteiger partial charge on any atom is -0.335 e. The summed E-state index contributed by atoms with van der Waals surface area (Å²) in [6.45, 7) is -0.0371. The molecule has 0 atom stereocenters. The Hall–Kier alpha value is -2.66. The highest BCUT2D eigenvalue weighted by molar-refractivity contribution is 7.89. The summed E-state index contributed by atoms with van der Waals surface area (Å²) < 4.78 is 54.3. The van der Waals surface area contributed by atoms with Crippen molar-refractivity contribution in [1.82, 2.24) is 19.0 Å². The van der Waals surface area contributed by atoms with Gasteiger partial charge in [-0.3, -0.25) is 9.59 Å². The van der Waals surface area contributed by atoms with Crippen LogP contribution in [0.2, 0.25) is 0 Å². The van der Waals surface area contributed by atoms with Crippen molar-refractivity contribution in [3.63, 3.8) is 0 Å². The molecule has 144 valence electrons. The van der Waals surface area contributed by atoms with Crippen molar-refractivity contribution >= 4 is 15.9 Å². The van der Waals surface area contributed by atoms with E-state index in [1.54, 1.807) is 0 Å². The number of halogens is 2. The number of carbonyl (C=O) groups is 1. The average molecular weight is 398 g/mol. The molecule has 1 amide bonds. The fourth-order valence-electron chi connectivity index (χ4n) is 2.72. The lowest BCUT2D eigenvalue weighted by Gasteiger charge is -2.33. The number of nitrogens with zero attached hydrogens (tertiary/aromatic N) is 4. The normalized spacial score (nSPS) is 15.7. The maximum absolute atomic E-state index is 13.8. The Kier molecular flexibility index (Phi) is 5.07. The van der Waals surface area contributed by atoms with Gasteiger partial charge in [0.05, 0.1) is 0 Å². The Labute approximate surface area is 153 Å². The molecule has 0 unspecified atom stereocenters. The number of benzene rings is 1. The van der Waals surface area contributed by atoms with Gasteiger partial charge in [-0.05, 0) is 24.3 Å². The van der Waals surface area contributed by atoms with Crippen LogP contribution >= 0.6 is 0 Å². The van der Waals surface area contributed by atoms with Crippen molar-refractivity contribution in [2.75, 3.05) is 26.2 Å². The first-order valence-electron chi connectivity index (χ1n) is 7.99. The van der Waals surface area contributed by atoms with Gasteiger partial charge in [-0.2, -0.15) is 9.40 Å². The molecule has 27 heavy (non-hydrogen) atoms. The summed E-state index contributed by atoms with van der Waals surface area (Å²) in [4.78, 5) is 24.5. The number of piperazine rings is 1. The molecule has 0 aliphatic carbocycles. The fraction of sp³-hybridized carbons (Fsp3) is 0.312. The monoisotopic (exact) mass is 398 g/mol. The number of aromatic nitrogens is 2.